The summed E-state index contributed by atoms with van der Waals surface area (Å²) >= 11 is 0. The highest BCUT2D eigenvalue weighted by Crippen LogP contribution is 2.34. The fourth-order valence-electron chi connectivity index (χ4n) is 3.20. The van der Waals surface area contributed by atoms with Crippen LogP contribution in [0.25, 0.3) is 0 Å². The number of piperazine rings is 1. The van der Waals surface area contributed by atoms with Crippen LogP contribution in [0.1, 0.15) is 38.3 Å². The van der Waals surface area contributed by atoms with Gasteiger partial charge < -0.3 is 5.32 Å². The Labute approximate surface area is 136 Å². The number of rotatable bonds is 5. The molecule has 2 nitrogen and oxygen atoms in total. The minimum Gasteiger partial charge on any atom is -0.314 e. The van der Waals surface area contributed by atoms with E-state index in [9.17, 15) is 13.2 Å². The lowest BCUT2D eigenvalue weighted by Gasteiger charge is -2.38. The van der Waals surface area contributed by atoms with E-state index in [2.05, 4.69) is 24.1 Å². The maximum atomic E-state index is 14.2. The van der Waals surface area contributed by atoms with Gasteiger partial charge in [-0.15, -0.1) is 12.4 Å². The quantitative estimate of drug-likeness (QED) is 0.820. The molecular weight excluding hydrogens is 313 g/mol. The third kappa shape index (κ3) is 4.37. The van der Waals surface area contributed by atoms with Crippen LogP contribution in [0.2, 0.25) is 0 Å². The van der Waals surface area contributed by atoms with Gasteiger partial charge in [0, 0.05) is 43.9 Å². The van der Waals surface area contributed by atoms with E-state index in [0.29, 0.717) is 6.07 Å². The van der Waals surface area contributed by atoms with Crippen molar-refractivity contribution in [3.8, 4) is 0 Å². The molecular formula is C16H24ClF3N2. The summed E-state index contributed by atoms with van der Waals surface area (Å²) < 4.78 is 40.9. The minimum atomic E-state index is -1.13. The van der Waals surface area contributed by atoms with Gasteiger partial charge in [-0.1, -0.05) is 20.3 Å². The van der Waals surface area contributed by atoms with Crippen molar-refractivity contribution in [2.24, 2.45) is 5.92 Å². The second-order valence-corrected chi connectivity index (χ2v) is 5.78. The molecule has 1 fully saturated rings. The number of hydrogen-bond acceptors (Lipinski definition) is 2. The second kappa shape index (κ2) is 8.75. The topological polar surface area (TPSA) is 15.3 Å². The zero-order chi connectivity index (χ0) is 15.4. The highest BCUT2D eigenvalue weighted by molar-refractivity contribution is 5.85. The van der Waals surface area contributed by atoms with Gasteiger partial charge in [-0.05, 0) is 18.4 Å². The van der Waals surface area contributed by atoms with E-state index in [4.69, 9.17) is 0 Å². The Morgan fingerprint density at radius 3 is 2.27 bits per heavy atom. The molecule has 0 spiro atoms. The first-order valence-electron chi connectivity index (χ1n) is 7.63. The predicted octanol–water partition coefficient (Wildman–Crippen LogP) is 3.91. The summed E-state index contributed by atoms with van der Waals surface area (Å²) in [5, 5.41) is 3.26. The van der Waals surface area contributed by atoms with E-state index in [-0.39, 0.29) is 29.9 Å². The standard InChI is InChI=1S/C16H23F3N2.ClH/c1-3-4-11(2)16(21-7-5-20-6-8-21)12-9-14(18)15(19)10-13(12)17;/h9-11,16,20H,3-8H2,1-2H3;1H/t11?,16-;/m1./s1. The molecule has 0 amide bonds. The Kier molecular flexibility index (Phi) is 7.66. The van der Waals surface area contributed by atoms with Gasteiger partial charge >= 0.3 is 0 Å². The molecule has 0 aliphatic carbocycles. The van der Waals surface area contributed by atoms with E-state index < -0.39 is 17.5 Å². The number of nitrogens with one attached hydrogen (secondary N) is 1. The van der Waals surface area contributed by atoms with E-state index >= 15 is 0 Å². The molecule has 1 saturated heterocycles. The van der Waals surface area contributed by atoms with Crippen molar-refractivity contribution in [2.75, 3.05) is 26.2 Å². The summed E-state index contributed by atoms with van der Waals surface area (Å²) in [6.07, 6.45) is 1.90. The van der Waals surface area contributed by atoms with Gasteiger partial charge in [0.2, 0.25) is 0 Å². The second-order valence-electron chi connectivity index (χ2n) is 5.78. The summed E-state index contributed by atoms with van der Waals surface area (Å²) in [7, 11) is 0. The van der Waals surface area contributed by atoms with Gasteiger partial charge in [-0.25, -0.2) is 13.2 Å². The summed E-state index contributed by atoms with van der Waals surface area (Å²) in [6, 6.07) is 1.49. The fraction of sp³-hybridized carbons (Fsp3) is 0.625. The molecule has 1 aromatic carbocycles. The first-order valence-corrected chi connectivity index (χ1v) is 7.63. The van der Waals surface area contributed by atoms with Crippen LogP contribution in [-0.2, 0) is 0 Å². The van der Waals surface area contributed by atoms with E-state index in [1.807, 2.05) is 0 Å². The average Bonchev–Trinajstić information content (AvgIpc) is 2.46. The average molecular weight is 337 g/mol. The predicted molar refractivity (Wildman–Crippen MR) is 84.8 cm³/mol. The van der Waals surface area contributed by atoms with Crippen LogP contribution in [0.4, 0.5) is 13.2 Å². The monoisotopic (exact) mass is 336 g/mol. The number of halogens is 4. The van der Waals surface area contributed by atoms with Gasteiger partial charge in [-0.3, -0.25) is 4.90 Å². The third-order valence-corrected chi connectivity index (χ3v) is 4.19. The number of benzene rings is 1. The molecule has 0 radical (unpaired) electrons. The van der Waals surface area contributed by atoms with Crippen molar-refractivity contribution < 1.29 is 13.2 Å². The molecule has 0 bridgehead atoms. The number of nitrogens with zero attached hydrogens (tertiary/aromatic N) is 1. The fourth-order valence-corrected chi connectivity index (χ4v) is 3.20. The van der Waals surface area contributed by atoms with Crippen LogP contribution in [-0.4, -0.2) is 31.1 Å². The summed E-state index contributed by atoms with van der Waals surface area (Å²) in [4.78, 5) is 2.17. The van der Waals surface area contributed by atoms with Gasteiger partial charge in [0.05, 0.1) is 0 Å². The largest absolute Gasteiger partial charge is 0.314 e. The van der Waals surface area contributed by atoms with E-state index in [0.717, 1.165) is 45.1 Å². The van der Waals surface area contributed by atoms with Gasteiger partial charge in [0.25, 0.3) is 0 Å². The Morgan fingerprint density at radius 2 is 1.68 bits per heavy atom. The number of hydrogen-bond donors (Lipinski definition) is 1. The molecule has 1 aromatic rings. The Balaban J connectivity index is 0.00000242. The Bertz CT molecular complexity index is 479. The lowest BCUT2D eigenvalue weighted by Crippen LogP contribution is -2.46. The zero-order valence-electron chi connectivity index (χ0n) is 13.0. The molecule has 22 heavy (non-hydrogen) atoms. The van der Waals surface area contributed by atoms with Gasteiger partial charge in [0.15, 0.2) is 11.6 Å². The first kappa shape index (κ1) is 19.3. The lowest BCUT2D eigenvalue weighted by atomic mass is 9.88. The van der Waals surface area contributed by atoms with E-state index in [1.54, 1.807) is 0 Å². The molecule has 1 aliphatic heterocycles. The molecule has 1 aliphatic rings. The van der Waals surface area contributed by atoms with Crippen molar-refractivity contribution in [3.05, 3.63) is 35.1 Å². The summed E-state index contributed by atoms with van der Waals surface area (Å²) in [6.45, 7) is 7.37. The van der Waals surface area contributed by atoms with Crippen LogP contribution in [0.3, 0.4) is 0 Å². The molecule has 2 rings (SSSR count). The molecule has 1 unspecified atom stereocenters. The maximum Gasteiger partial charge on any atom is 0.161 e. The summed E-state index contributed by atoms with van der Waals surface area (Å²) in [5.74, 6) is -2.57. The van der Waals surface area contributed by atoms with E-state index in [1.165, 1.54) is 0 Å². The lowest BCUT2D eigenvalue weighted by molar-refractivity contribution is 0.122. The van der Waals surface area contributed by atoms with Crippen molar-refractivity contribution in [1.82, 2.24) is 10.2 Å². The Hall–Kier alpha value is -0.780. The molecule has 1 heterocycles. The molecule has 2 atom stereocenters. The molecule has 6 heteroatoms. The van der Waals surface area contributed by atoms with Crippen LogP contribution >= 0.6 is 12.4 Å². The SMILES string of the molecule is CCCC(C)[C@H](c1cc(F)c(F)cc1F)N1CCNCC1.Cl. The highest BCUT2D eigenvalue weighted by Gasteiger charge is 2.30. The van der Waals surface area contributed by atoms with Crippen molar-refractivity contribution in [2.45, 2.75) is 32.7 Å². The van der Waals surface area contributed by atoms with Gasteiger partial charge in [-0.2, -0.15) is 0 Å². The van der Waals surface area contributed by atoms with Crippen LogP contribution < -0.4 is 5.32 Å². The first-order chi connectivity index (χ1) is 10.0. The van der Waals surface area contributed by atoms with Crippen molar-refractivity contribution >= 4 is 12.4 Å². The highest BCUT2D eigenvalue weighted by atomic mass is 35.5. The van der Waals surface area contributed by atoms with Crippen molar-refractivity contribution in [3.63, 3.8) is 0 Å². The minimum absolute atomic E-state index is 0. The van der Waals surface area contributed by atoms with Gasteiger partial charge in [0.1, 0.15) is 5.82 Å². The van der Waals surface area contributed by atoms with Crippen LogP contribution in [0.5, 0.6) is 0 Å². The van der Waals surface area contributed by atoms with Crippen molar-refractivity contribution in [1.29, 1.82) is 0 Å². The molecule has 126 valence electrons. The maximum absolute atomic E-state index is 14.2. The Morgan fingerprint density at radius 1 is 1.09 bits per heavy atom. The normalized spacial score (nSPS) is 18.6. The molecule has 0 aromatic heterocycles. The molecule has 1 N–H and O–H groups in total. The smallest absolute Gasteiger partial charge is 0.161 e. The van der Waals surface area contributed by atoms with Crippen LogP contribution in [0, 0.1) is 23.4 Å². The molecule has 0 saturated carbocycles. The van der Waals surface area contributed by atoms with Crippen LogP contribution in [0.15, 0.2) is 12.1 Å². The zero-order valence-corrected chi connectivity index (χ0v) is 13.9. The summed E-state index contributed by atoms with van der Waals surface area (Å²) in [5.41, 5.74) is 0.275. The third-order valence-electron chi connectivity index (χ3n) is 4.19.